The Hall–Kier alpha value is -2.29. The van der Waals surface area contributed by atoms with Crippen LogP contribution in [0.15, 0.2) is 40.7 Å². The smallest absolute Gasteiger partial charge is 0.234 e. The van der Waals surface area contributed by atoms with Gasteiger partial charge in [-0.05, 0) is 42.2 Å². The fraction of sp³-hybridized carbons (Fsp3) is 0.286. The number of nitrogens with zero attached hydrogens (tertiary/aromatic N) is 2. The van der Waals surface area contributed by atoms with Crippen molar-refractivity contribution in [3.8, 4) is 5.75 Å². The van der Waals surface area contributed by atoms with Crippen LogP contribution in [-0.2, 0) is 4.79 Å². The van der Waals surface area contributed by atoms with E-state index in [1.54, 1.807) is 12.1 Å². The number of carbonyl (C=O) groups is 1. The van der Waals surface area contributed by atoms with Crippen molar-refractivity contribution in [3.63, 3.8) is 0 Å². The highest BCUT2D eigenvalue weighted by Crippen LogP contribution is 2.32. The number of thioether (sulfide) groups is 1. The van der Waals surface area contributed by atoms with Gasteiger partial charge in [-0.2, -0.15) is 0 Å². The molecule has 3 rings (SSSR count). The minimum absolute atomic E-state index is 0.158. The minimum Gasteiger partial charge on any atom is -0.495 e. The molecule has 1 heterocycles. The highest BCUT2D eigenvalue weighted by Gasteiger charge is 2.13. The van der Waals surface area contributed by atoms with Gasteiger partial charge in [0.25, 0.3) is 0 Å². The fourth-order valence-corrected chi connectivity index (χ4v) is 4.36. The quantitative estimate of drug-likeness (QED) is 0.393. The second-order valence-corrected chi connectivity index (χ2v) is 9.52. The molecule has 2 aromatic carbocycles. The molecule has 30 heavy (non-hydrogen) atoms. The predicted molar refractivity (Wildman–Crippen MR) is 126 cm³/mol. The minimum atomic E-state index is -0.158. The normalized spacial score (nSPS) is 10.9. The number of rotatable bonds is 8. The number of methoxy groups -OCH3 is 1. The summed E-state index contributed by atoms with van der Waals surface area (Å²) in [5.41, 5.74) is 3.69. The Morgan fingerprint density at radius 2 is 1.97 bits per heavy atom. The van der Waals surface area contributed by atoms with Gasteiger partial charge >= 0.3 is 0 Å². The monoisotopic (exact) mass is 462 g/mol. The molecule has 0 spiro atoms. The number of amides is 1. The Kier molecular flexibility index (Phi) is 7.58. The van der Waals surface area contributed by atoms with E-state index in [0.717, 1.165) is 11.3 Å². The Morgan fingerprint density at radius 3 is 2.63 bits per heavy atom. The highest BCUT2D eigenvalue weighted by molar-refractivity contribution is 8.01. The van der Waals surface area contributed by atoms with Gasteiger partial charge < -0.3 is 15.4 Å². The van der Waals surface area contributed by atoms with Crippen molar-refractivity contribution in [1.29, 1.82) is 0 Å². The zero-order valence-electron chi connectivity index (χ0n) is 17.2. The fourth-order valence-electron chi connectivity index (χ4n) is 2.64. The lowest BCUT2D eigenvalue weighted by Crippen LogP contribution is -2.14. The molecule has 0 unspecified atom stereocenters. The van der Waals surface area contributed by atoms with Gasteiger partial charge in [-0.3, -0.25) is 4.79 Å². The molecule has 0 atom stereocenters. The molecule has 2 N–H and O–H groups in total. The summed E-state index contributed by atoms with van der Waals surface area (Å²) in [6.07, 6.45) is 0. The van der Waals surface area contributed by atoms with Crippen molar-refractivity contribution in [3.05, 3.63) is 52.5 Å². The molecular formula is C21H23ClN4O2S2. The van der Waals surface area contributed by atoms with Crippen molar-refractivity contribution in [2.24, 2.45) is 0 Å². The first kappa shape index (κ1) is 22.4. The Morgan fingerprint density at radius 1 is 1.23 bits per heavy atom. The molecule has 0 saturated carbocycles. The molecule has 0 fully saturated rings. The maximum Gasteiger partial charge on any atom is 0.234 e. The zero-order chi connectivity index (χ0) is 21.7. The van der Waals surface area contributed by atoms with Crippen molar-refractivity contribution < 1.29 is 9.53 Å². The van der Waals surface area contributed by atoms with Crippen LogP contribution in [0.5, 0.6) is 5.75 Å². The Bertz CT molecular complexity index is 1020. The van der Waals surface area contributed by atoms with Gasteiger partial charge in [-0.25, -0.2) is 0 Å². The molecule has 1 amide bonds. The van der Waals surface area contributed by atoms with Crippen molar-refractivity contribution >= 4 is 57.1 Å². The number of carbonyl (C=O) groups excluding carboxylic acids is 1. The van der Waals surface area contributed by atoms with Crippen molar-refractivity contribution in [2.75, 3.05) is 23.5 Å². The summed E-state index contributed by atoms with van der Waals surface area (Å²) >= 11 is 8.85. The van der Waals surface area contributed by atoms with E-state index >= 15 is 0 Å². The van der Waals surface area contributed by atoms with E-state index in [1.807, 2.05) is 19.1 Å². The van der Waals surface area contributed by atoms with Gasteiger partial charge in [0.2, 0.25) is 11.0 Å². The zero-order valence-corrected chi connectivity index (χ0v) is 19.5. The van der Waals surface area contributed by atoms with E-state index in [9.17, 15) is 4.79 Å². The number of anilines is 3. The molecule has 0 bridgehead atoms. The summed E-state index contributed by atoms with van der Waals surface area (Å²) in [4.78, 5) is 12.4. The first-order chi connectivity index (χ1) is 14.4. The van der Waals surface area contributed by atoms with Crippen LogP contribution in [-0.4, -0.2) is 29.0 Å². The van der Waals surface area contributed by atoms with Crippen LogP contribution in [0.1, 0.15) is 30.9 Å². The van der Waals surface area contributed by atoms with Crippen LogP contribution < -0.4 is 15.4 Å². The van der Waals surface area contributed by atoms with E-state index in [4.69, 9.17) is 16.3 Å². The number of aromatic nitrogens is 2. The number of ether oxygens (including phenoxy) is 1. The first-order valence-electron chi connectivity index (χ1n) is 9.33. The van der Waals surface area contributed by atoms with E-state index in [-0.39, 0.29) is 11.7 Å². The van der Waals surface area contributed by atoms with Crippen LogP contribution in [0.4, 0.5) is 16.5 Å². The van der Waals surface area contributed by atoms with Crippen molar-refractivity contribution in [1.82, 2.24) is 10.2 Å². The lowest BCUT2D eigenvalue weighted by atomic mass is 10.0. The second-order valence-electron chi connectivity index (χ2n) is 6.91. The summed E-state index contributed by atoms with van der Waals surface area (Å²) in [6.45, 7) is 6.20. The number of hydrogen-bond donors (Lipinski definition) is 2. The number of halogens is 1. The number of nitrogens with one attached hydrogen (secondary N) is 2. The van der Waals surface area contributed by atoms with E-state index in [2.05, 4.69) is 46.8 Å². The molecular weight excluding hydrogens is 440 g/mol. The average Bonchev–Trinajstić information content (AvgIpc) is 3.16. The van der Waals surface area contributed by atoms with Gasteiger partial charge in [0, 0.05) is 16.8 Å². The van der Waals surface area contributed by atoms with E-state index in [0.29, 0.717) is 31.8 Å². The summed E-state index contributed by atoms with van der Waals surface area (Å²) < 4.78 is 6.00. The van der Waals surface area contributed by atoms with Gasteiger partial charge in [0.15, 0.2) is 4.34 Å². The number of aryl methyl sites for hydroxylation is 1. The number of benzene rings is 2. The highest BCUT2D eigenvalue weighted by atomic mass is 35.5. The van der Waals surface area contributed by atoms with Gasteiger partial charge in [0.1, 0.15) is 5.75 Å². The SMILES string of the molecule is COc1cc(Cl)c(C)cc1NC(=O)CSc1nnc(Nc2ccc(C(C)C)cc2)s1. The lowest BCUT2D eigenvalue weighted by Gasteiger charge is -2.11. The molecule has 0 aliphatic rings. The number of hydrogen-bond acceptors (Lipinski definition) is 7. The molecule has 0 aliphatic carbocycles. The van der Waals surface area contributed by atoms with Crippen LogP contribution in [0.3, 0.4) is 0 Å². The third kappa shape index (κ3) is 5.87. The molecule has 0 saturated heterocycles. The molecule has 9 heteroatoms. The molecule has 6 nitrogen and oxygen atoms in total. The molecule has 3 aromatic rings. The molecule has 158 valence electrons. The Labute approximate surface area is 189 Å². The van der Waals surface area contributed by atoms with Crippen LogP contribution in [0.2, 0.25) is 5.02 Å². The van der Waals surface area contributed by atoms with E-state index < -0.39 is 0 Å². The average molecular weight is 463 g/mol. The summed E-state index contributed by atoms with van der Waals surface area (Å²) in [5, 5.41) is 15.7. The first-order valence-corrected chi connectivity index (χ1v) is 11.5. The second kappa shape index (κ2) is 10.1. The third-order valence-electron chi connectivity index (χ3n) is 4.32. The predicted octanol–water partition coefficient (Wildman–Crippen LogP) is 6.11. The maximum atomic E-state index is 12.4. The largest absolute Gasteiger partial charge is 0.495 e. The summed E-state index contributed by atoms with van der Waals surface area (Å²) in [7, 11) is 1.54. The van der Waals surface area contributed by atoms with Crippen LogP contribution in [0, 0.1) is 6.92 Å². The Balaban J connectivity index is 1.55. The van der Waals surface area contributed by atoms with E-state index in [1.165, 1.54) is 35.8 Å². The molecule has 0 aliphatic heterocycles. The molecule has 1 aromatic heterocycles. The summed E-state index contributed by atoms with van der Waals surface area (Å²) in [6, 6.07) is 11.7. The molecule has 0 radical (unpaired) electrons. The topological polar surface area (TPSA) is 76.1 Å². The third-order valence-corrected chi connectivity index (χ3v) is 6.70. The van der Waals surface area contributed by atoms with Gasteiger partial charge in [0.05, 0.1) is 18.6 Å². The lowest BCUT2D eigenvalue weighted by molar-refractivity contribution is -0.113. The van der Waals surface area contributed by atoms with Crippen LogP contribution in [0.25, 0.3) is 0 Å². The summed E-state index contributed by atoms with van der Waals surface area (Å²) in [5.74, 6) is 1.07. The van der Waals surface area contributed by atoms with Gasteiger partial charge in [-0.1, -0.05) is 60.7 Å². The van der Waals surface area contributed by atoms with Crippen molar-refractivity contribution in [2.45, 2.75) is 31.0 Å². The van der Waals surface area contributed by atoms with Crippen LogP contribution >= 0.6 is 34.7 Å². The maximum absolute atomic E-state index is 12.4. The standard InChI is InChI=1S/C21H23ClN4O2S2/c1-12(2)14-5-7-15(8-6-14)23-20-25-26-21(30-20)29-11-19(27)24-17-9-13(3)16(22)10-18(17)28-4/h5-10,12H,11H2,1-4H3,(H,23,25)(H,24,27). The van der Waals surface area contributed by atoms with Gasteiger partial charge in [-0.15, -0.1) is 10.2 Å².